The molecule has 0 aliphatic carbocycles. The van der Waals surface area contributed by atoms with Crippen LogP contribution in [0.4, 0.5) is 0 Å². The Balaban J connectivity index is 2.62. The molecular weight excluding hydrogens is 266 g/mol. The first-order valence-corrected chi connectivity index (χ1v) is 8.10. The van der Waals surface area contributed by atoms with Crippen LogP contribution in [0.1, 0.15) is 26.7 Å². The van der Waals surface area contributed by atoms with Crippen LogP contribution in [0, 0.1) is 11.8 Å². The molecule has 1 fully saturated rings. The van der Waals surface area contributed by atoms with Crippen molar-refractivity contribution in [3.63, 3.8) is 0 Å². The van der Waals surface area contributed by atoms with Gasteiger partial charge in [0, 0.05) is 33.7 Å². The number of carbonyl (C=O) groups is 1. The minimum atomic E-state index is -3.41. The summed E-state index contributed by atoms with van der Waals surface area (Å²) in [6.07, 6.45) is 1.48. The topological polar surface area (TPSA) is 69.7 Å². The van der Waals surface area contributed by atoms with Crippen molar-refractivity contribution in [1.82, 2.24) is 13.9 Å². The van der Waals surface area contributed by atoms with Crippen LogP contribution < -0.4 is 5.32 Å². The molecule has 0 aromatic rings. The first-order valence-electron chi connectivity index (χ1n) is 6.70. The molecule has 0 aromatic carbocycles. The summed E-state index contributed by atoms with van der Waals surface area (Å²) in [6, 6.07) is 0. The summed E-state index contributed by atoms with van der Waals surface area (Å²) in [6.45, 7) is 5.47. The zero-order valence-electron chi connectivity index (χ0n) is 12.2. The molecule has 6 nitrogen and oxygen atoms in total. The molecule has 1 rings (SSSR count). The van der Waals surface area contributed by atoms with Gasteiger partial charge in [-0.2, -0.15) is 17.0 Å². The van der Waals surface area contributed by atoms with Gasteiger partial charge in [-0.25, -0.2) is 0 Å². The van der Waals surface area contributed by atoms with E-state index < -0.39 is 10.2 Å². The summed E-state index contributed by atoms with van der Waals surface area (Å²) in [5, 5.41) is 2.88. The maximum Gasteiger partial charge on any atom is 0.281 e. The van der Waals surface area contributed by atoms with Crippen LogP contribution in [0.25, 0.3) is 0 Å². The molecule has 0 spiro atoms. The molecular formula is C12H25N3O3S. The number of hydrogen-bond donors (Lipinski definition) is 1. The molecule has 112 valence electrons. The molecule has 1 N–H and O–H groups in total. The smallest absolute Gasteiger partial charge is 0.281 e. The first kappa shape index (κ1) is 16.4. The highest BCUT2D eigenvalue weighted by molar-refractivity contribution is 7.86. The number of rotatable bonds is 5. The molecule has 1 heterocycles. The van der Waals surface area contributed by atoms with Crippen molar-refractivity contribution < 1.29 is 13.2 Å². The number of nitrogens with one attached hydrogen (secondary N) is 1. The largest absolute Gasteiger partial charge is 0.356 e. The zero-order valence-corrected chi connectivity index (χ0v) is 13.0. The molecule has 1 amide bonds. The zero-order chi connectivity index (χ0) is 14.6. The second-order valence-corrected chi connectivity index (χ2v) is 7.77. The molecule has 1 atom stereocenters. The van der Waals surface area contributed by atoms with Gasteiger partial charge in [0.1, 0.15) is 0 Å². The highest BCUT2D eigenvalue weighted by Gasteiger charge is 2.33. The van der Waals surface area contributed by atoms with E-state index in [1.54, 1.807) is 0 Å². The van der Waals surface area contributed by atoms with E-state index in [1.807, 2.05) is 13.8 Å². The van der Waals surface area contributed by atoms with E-state index in [2.05, 4.69) is 5.32 Å². The predicted octanol–water partition coefficient (Wildman–Crippen LogP) is 0.277. The highest BCUT2D eigenvalue weighted by Crippen LogP contribution is 2.20. The second kappa shape index (κ2) is 6.67. The van der Waals surface area contributed by atoms with Crippen LogP contribution in [-0.4, -0.2) is 56.7 Å². The fourth-order valence-electron chi connectivity index (χ4n) is 2.05. The quantitative estimate of drug-likeness (QED) is 0.791. The van der Waals surface area contributed by atoms with Crippen LogP contribution >= 0.6 is 0 Å². The van der Waals surface area contributed by atoms with Crippen LogP contribution in [0.5, 0.6) is 0 Å². The van der Waals surface area contributed by atoms with Crippen LogP contribution in [0.2, 0.25) is 0 Å². The number of hydrogen-bond acceptors (Lipinski definition) is 3. The van der Waals surface area contributed by atoms with E-state index >= 15 is 0 Å². The van der Waals surface area contributed by atoms with Crippen LogP contribution in [-0.2, 0) is 15.0 Å². The third-order valence-corrected chi connectivity index (χ3v) is 5.13. The number of carbonyl (C=O) groups excluding carboxylic acids is 1. The Morgan fingerprint density at radius 2 is 2.05 bits per heavy atom. The SMILES string of the molecule is CC(C)CNC(=O)C1CCCN(S(=O)(=O)N(C)C)C1. The Morgan fingerprint density at radius 3 is 2.58 bits per heavy atom. The van der Waals surface area contributed by atoms with E-state index in [9.17, 15) is 13.2 Å². The van der Waals surface area contributed by atoms with E-state index in [4.69, 9.17) is 0 Å². The maximum atomic E-state index is 12.0. The minimum Gasteiger partial charge on any atom is -0.356 e. The lowest BCUT2D eigenvalue weighted by Gasteiger charge is -2.32. The molecule has 19 heavy (non-hydrogen) atoms. The predicted molar refractivity (Wildman–Crippen MR) is 74.8 cm³/mol. The lowest BCUT2D eigenvalue weighted by Crippen LogP contribution is -2.49. The Hall–Kier alpha value is -0.660. The fraction of sp³-hybridized carbons (Fsp3) is 0.917. The van der Waals surface area contributed by atoms with Crippen molar-refractivity contribution in [2.24, 2.45) is 11.8 Å². The van der Waals surface area contributed by atoms with Gasteiger partial charge in [-0.3, -0.25) is 4.79 Å². The minimum absolute atomic E-state index is 0.0349. The summed E-state index contributed by atoms with van der Waals surface area (Å²) < 4.78 is 26.7. The molecule has 1 unspecified atom stereocenters. The van der Waals surface area contributed by atoms with Gasteiger partial charge in [0.2, 0.25) is 5.91 Å². The van der Waals surface area contributed by atoms with E-state index in [0.717, 1.165) is 12.8 Å². The average molecular weight is 291 g/mol. The van der Waals surface area contributed by atoms with E-state index in [-0.39, 0.29) is 18.4 Å². The summed E-state index contributed by atoms with van der Waals surface area (Å²) >= 11 is 0. The Morgan fingerprint density at radius 1 is 1.42 bits per heavy atom. The van der Waals surface area contributed by atoms with Gasteiger partial charge in [-0.05, 0) is 18.8 Å². The molecule has 0 radical (unpaired) electrons. The van der Waals surface area contributed by atoms with E-state index in [1.165, 1.54) is 22.7 Å². The number of piperidine rings is 1. The Bertz CT molecular complexity index is 406. The Kier molecular flexibility index (Phi) is 5.76. The molecule has 7 heteroatoms. The Labute approximate surface area is 116 Å². The molecule has 0 saturated carbocycles. The standard InChI is InChI=1S/C12H25N3O3S/c1-10(2)8-13-12(16)11-6-5-7-15(9-11)19(17,18)14(3)4/h10-11H,5-9H2,1-4H3,(H,13,16). The van der Waals surface area contributed by atoms with Gasteiger partial charge in [-0.1, -0.05) is 13.8 Å². The summed E-state index contributed by atoms with van der Waals surface area (Å²) in [4.78, 5) is 12.0. The lowest BCUT2D eigenvalue weighted by molar-refractivity contribution is -0.126. The molecule has 1 aliphatic rings. The lowest BCUT2D eigenvalue weighted by atomic mass is 9.98. The number of amides is 1. The third kappa shape index (κ3) is 4.43. The maximum absolute atomic E-state index is 12.0. The molecule has 0 aromatic heterocycles. The third-order valence-electron chi connectivity index (χ3n) is 3.23. The second-order valence-electron chi connectivity index (χ2n) is 5.63. The van der Waals surface area contributed by atoms with Gasteiger partial charge in [0.25, 0.3) is 10.2 Å². The summed E-state index contributed by atoms with van der Waals surface area (Å²) in [7, 11) is -0.388. The molecule has 1 saturated heterocycles. The summed E-state index contributed by atoms with van der Waals surface area (Å²) in [5.41, 5.74) is 0. The van der Waals surface area contributed by atoms with Crippen molar-refractivity contribution >= 4 is 16.1 Å². The highest BCUT2D eigenvalue weighted by atomic mass is 32.2. The van der Waals surface area contributed by atoms with E-state index in [0.29, 0.717) is 19.0 Å². The molecule has 0 bridgehead atoms. The van der Waals surface area contributed by atoms with Gasteiger partial charge < -0.3 is 5.32 Å². The van der Waals surface area contributed by atoms with Crippen molar-refractivity contribution in [2.75, 3.05) is 33.7 Å². The first-order chi connectivity index (χ1) is 8.75. The number of nitrogens with zero attached hydrogens (tertiary/aromatic N) is 2. The van der Waals surface area contributed by atoms with Gasteiger partial charge in [-0.15, -0.1) is 0 Å². The monoisotopic (exact) mass is 291 g/mol. The van der Waals surface area contributed by atoms with Crippen molar-refractivity contribution in [3.8, 4) is 0 Å². The van der Waals surface area contributed by atoms with Gasteiger partial charge >= 0.3 is 0 Å². The average Bonchev–Trinajstić information content (AvgIpc) is 2.35. The normalized spacial score (nSPS) is 21.9. The van der Waals surface area contributed by atoms with Crippen molar-refractivity contribution in [1.29, 1.82) is 0 Å². The van der Waals surface area contributed by atoms with Crippen molar-refractivity contribution in [3.05, 3.63) is 0 Å². The fourth-order valence-corrected chi connectivity index (χ4v) is 3.24. The van der Waals surface area contributed by atoms with Gasteiger partial charge in [0.15, 0.2) is 0 Å². The van der Waals surface area contributed by atoms with Gasteiger partial charge in [0.05, 0.1) is 5.92 Å². The van der Waals surface area contributed by atoms with Crippen LogP contribution in [0.3, 0.4) is 0 Å². The summed E-state index contributed by atoms with van der Waals surface area (Å²) in [5.74, 6) is 0.128. The van der Waals surface area contributed by atoms with Crippen molar-refractivity contribution in [2.45, 2.75) is 26.7 Å². The molecule has 1 aliphatic heterocycles. The van der Waals surface area contributed by atoms with Crippen LogP contribution in [0.15, 0.2) is 0 Å².